The van der Waals surface area contributed by atoms with Crippen LogP contribution in [0.3, 0.4) is 0 Å². The van der Waals surface area contributed by atoms with Crippen molar-refractivity contribution in [3.8, 4) is 0 Å². The summed E-state index contributed by atoms with van der Waals surface area (Å²) in [6.45, 7) is 4.50. The van der Waals surface area contributed by atoms with E-state index >= 15 is 0 Å². The monoisotopic (exact) mass is 228 g/mol. The molecule has 0 aromatic carbocycles. The summed E-state index contributed by atoms with van der Waals surface area (Å²) in [6, 6.07) is 0. The first kappa shape index (κ1) is 13.0. The zero-order chi connectivity index (χ0) is 12.1. The van der Waals surface area contributed by atoms with Crippen molar-refractivity contribution in [1.29, 1.82) is 0 Å². The van der Waals surface area contributed by atoms with Gasteiger partial charge in [-0.1, -0.05) is 20.3 Å². The van der Waals surface area contributed by atoms with Crippen molar-refractivity contribution < 1.29 is 14.7 Å². The molecule has 2 unspecified atom stereocenters. The van der Waals surface area contributed by atoms with E-state index in [4.69, 9.17) is 5.11 Å². The van der Waals surface area contributed by atoms with Crippen LogP contribution < -0.4 is 5.43 Å². The molecule has 2 amide bonds. The first-order valence-corrected chi connectivity index (χ1v) is 5.81. The number of carbonyl (C=O) groups is 2. The second kappa shape index (κ2) is 5.84. The SMILES string of the molecule is CCC(C)C1CCN(NC(=O)CCO)C1=O. The second-order valence-corrected chi connectivity index (χ2v) is 4.28. The third kappa shape index (κ3) is 2.95. The molecule has 16 heavy (non-hydrogen) atoms. The molecule has 0 aromatic rings. The van der Waals surface area contributed by atoms with Crippen molar-refractivity contribution in [1.82, 2.24) is 10.4 Å². The molecule has 0 spiro atoms. The summed E-state index contributed by atoms with van der Waals surface area (Å²) in [4.78, 5) is 23.1. The Morgan fingerprint density at radius 3 is 2.94 bits per heavy atom. The van der Waals surface area contributed by atoms with Crippen LogP contribution in [0.1, 0.15) is 33.1 Å². The van der Waals surface area contributed by atoms with E-state index in [1.165, 1.54) is 5.01 Å². The van der Waals surface area contributed by atoms with E-state index in [1.54, 1.807) is 0 Å². The molecule has 1 saturated heterocycles. The molecule has 2 N–H and O–H groups in total. The van der Waals surface area contributed by atoms with Gasteiger partial charge in [-0.2, -0.15) is 0 Å². The van der Waals surface area contributed by atoms with Crippen molar-refractivity contribution >= 4 is 11.8 Å². The van der Waals surface area contributed by atoms with E-state index in [-0.39, 0.29) is 30.8 Å². The van der Waals surface area contributed by atoms with Crippen molar-refractivity contribution in [2.24, 2.45) is 11.8 Å². The van der Waals surface area contributed by atoms with Crippen molar-refractivity contribution in [2.45, 2.75) is 33.1 Å². The fourth-order valence-corrected chi connectivity index (χ4v) is 1.93. The van der Waals surface area contributed by atoms with Crippen molar-refractivity contribution in [3.05, 3.63) is 0 Å². The molecular weight excluding hydrogens is 208 g/mol. The minimum atomic E-state index is -0.305. The Hall–Kier alpha value is -1.10. The van der Waals surface area contributed by atoms with Crippen molar-refractivity contribution in [2.75, 3.05) is 13.2 Å². The predicted molar refractivity (Wildman–Crippen MR) is 59.1 cm³/mol. The molecule has 5 nitrogen and oxygen atoms in total. The lowest BCUT2D eigenvalue weighted by Crippen LogP contribution is -2.44. The van der Waals surface area contributed by atoms with Gasteiger partial charge in [0.2, 0.25) is 11.8 Å². The van der Waals surface area contributed by atoms with Gasteiger partial charge in [0.05, 0.1) is 13.0 Å². The molecule has 1 heterocycles. The predicted octanol–water partition coefficient (Wildman–Crippen LogP) is 0.295. The quantitative estimate of drug-likeness (QED) is 0.710. The van der Waals surface area contributed by atoms with E-state index in [2.05, 4.69) is 19.3 Å². The van der Waals surface area contributed by atoms with Gasteiger partial charge in [0, 0.05) is 12.5 Å². The fraction of sp³-hybridized carbons (Fsp3) is 0.818. The Kier molecular flexibility index (Phi) is 4.73. The Morgan fingerprint density at radius 1 is 1.69 bits per heavy atom. The number of hydrogen-bond acceptors (Lipinski definition) is 3. The van der Waals surface area contributed by atoms with Gasteiger partial charge in [-0.05, 0) is 12.3 Å². The average molecular weight is 228 g/mol. The first-order chi connectivity index (χ1) is 7.60. The number of hydrazine groups is 1. The van der Waals surface area contributed by atoms with Gasteiger partial charge in [-0.3, -0.25) is 20.0 Å². The third-order valence-electron chi connectivity index (χ3n) is 3.18. The lowest BCUT2D eigenvalue weighted by molar-refractivity contribution is -0.141. The van der Waals surface area contributed by atoms with E-state index in [1.807, 2.05) is 0 Å². The van der Waals surface area contributed by atoms with Gasteiger partial charge in [0.25, 0.3) is 0 Å². The van der Waals surface area contributed by atoms with Crippen LogP contribution in [0.15, 0.2) is 0 Å². The van der Waals surface area contributed by atoms with E-state index in [9.17, 15) is 9.59 Å². The van der Waals surface area contributed by atoms with Gasteiger partial charge < -0.3 is 5.11 Å². The van der Waals surface area contributed by atoms with Crippen LogP contribution in [0.5, 0.6) is 0 Å². The summed E-state index contributed by atoms with van der Waals surface area (Å²) in [5, 5.41) is 9.97. The molecule has 0 bridgehead atoms. The highest BCUT2D eigenvalue weighted by Crippen LogP contribution is 2.26. The molecule has 0 aromatic heterocycles. The maximum absolute atomic E-state index is 11.9. The highest BCUT2D eigenvalue weighted by molar-refractivity contribution is 5.85. The Bertz CT molecular complexity index is 268. The maximum atomic E-state index is 11.9. The van der Waals surface area contributed by atoms with Crippen LogP contribution in [-0.2, 0) is 9.59 Å². The van der Waals surface area contributed by atoms with Crippen LogP contribution in [-0.4, -0.2) is 35.1 Å². The van der Waals surface area contributed by atoms with Gasteiger partial charge in [0.15, 0.2) is 0 Å². The molecular formula is C11H20N2O3. The number of carbonyl (C=O) groups excluding carboxylic acids is 2. The summed E-state index contributed by atoms with van der Waals surface area (Å²) >= 11 is 0. The molecule has 1 aliphatic heterocycles. The lowest BCUT2D eigenvalue weighted by atomic mass is 9.91. The highest BCUT2D eigenvalue weighted by atomic mass is 16.3. The van der Waals surface area contributed by atoms with E-state index < -0.39 is 0 Å². The molecule has 5 heteroatoms. The normalized spacial score (nSPS) is 22.3. The standard InChI is InChI=1S/C11H20N2O3/c1-3-8(2)9-4-6-13(11(9)16)12-10(15)5-7-14/h8-9,14H,3-7H2,1-2H3,(H,12,15). The lowest BCUT2D eigenvalue weighted by Gasteiger charge is -2.19. The zero-order valence-corrected chi connectivity index (χ0v) is 9.90. The molecule has 1 fully saturated rings. The van der Waals surface area contributed by atoms with Crippen LogP contribution in [0, 0.1) is 11.8 Å². The topological polar surface area (TPSA) is 69.6 Å². The minimum absolute atomic E-state index is 0.000592. The average Bonchev–Trinajstić information content (AvgIpc) is 2.60. The van der Waals surface area contributed by atoms with Gasteiger partial charge in [0.1, 0.15) is 0 Å². The maximum Gasteiger partial charge on any atom is 0.244 e. The number of rotatable bonds is 5. The molecule has 1 rings (SSSR count). The number of amides is 2. The molecule has 1 aliphatic rings. The Labute approximate surface area is 95.8 Å². The largest absolute Gasteiger partial charge is 0.396 e. The second-order valence-electron chi connectivity index (χ2n) is 4.28. The highest BCUT2D eigenvalue weighted by Gasteiger charge is 2.35. The minimum Gasteiger partial charge on any atom is -0.396 e. The van der Waals surface area contributed by atoms with Crippen LogP contribution >= 0.6 is 0 Å². The Morgan fingerprint density at radius 2 is 2.38 bits per heavy atom. The van der Waals surface area contributed by atoms with Crippen LogP contribution in [0.2, 0.25) is 0 Å². The van der Waals surface area contributed by atoms with Crippen LogP contribution in [0.25, 0.3) is 0 Å². The first-order valence-electron chi connectivity index (χ1n) is 5.81. The van der Waals surface area contributed by atoms with E-state index in [0.717, 1.165) is 12.8 Å². The van der Waals surface area contributed by atoms with Gasteiger partial charge in [-0.15, -0.1) is 0 Å². The smallest absolute Gasteiger partial charge is 0.244 e. The number of hydrogen-bond donors (Lipinski definition) is 2. The number of aliphatic hydroxyl groups excluding tert-OH is 1. The molecule has 92 valence electrons. The number of nitrogens with one attached hydrogen (secondary N) is 1. The molecule has 2 atom stereocenters. The zero-order valence-electron chi connectivity index (χ0n) is 9.90. The number of nitrogens with zero attached hydrogens (tertiary/aromatic N) is 1. The number of aliphatic hydroxyl groups is 1. The van der Waals surface area contributed by atoms with Crippen molar-refractivity contribution in [3.63, 3.8) is 0 Å². The van der Waals surface area contributed by atoms with Crippen LogP contribution in [0.4, 0.5) is 0 Å². The molecule has 0 saturated carbocycles. The third-order valence-corrected chi connectivity index (χ3v) is 3.18. The fourth-order valence-electron chi connectivity index (χ4n) is 1.93. The summed E-state index contributed by atoms with van der Waals surface area (Å²) in [7, 11) is 0. The van der Waals surface area contributed by atoms with E-state index in [0.29, 0.717) is 12.5 Å². The summed E-state index contributed by atoms with van der Waals surface area (Å²) < 4.78 is 0. The molecule has 0 aliphatic carbocycles. The summed E-state index contributed by atoms with van der Waals surface area (Å²) in [5.74, 6) is 0.0768. The molecule has 0 radical (unpaired) electrons. The summed E-state index contributed by atoms with van der Waals surface area (Å²) in [6.07, 6.45) is 1.81. The summed E-state index contributed by atoms with van der Waals surface area (Å²) in [5.41, 5.74) is 2.52. The van der Waals surface area contributed by atoms with Gasteiger partial charge in [-0.25, -0.2) is 0 Å². The Balaban J connectivity index is 2.48. The van der Waals surface area contributed by atoms with Gasteiger partial charge >= 0.3 is 0 Å².